The quantitative estimate of drug-likeness (QED) is 0.775. The van der Waals surface area contributed by atoms with E-state index < -0.39 is 10.0 Å². The number of nitrogens with two attached hydrogens (primary N) is 1. The maximum atomic E-state index is 12.2. The number of hydrogen-bond donors (Lipinski definition) is 2. The van der Waals surface area contributed by atoms with Crippen molar-refractivity contribution in [3.05, 3.63) is 22.7 Å². The van der Waals surface area contributed by atoms with E-state index in [0.717, 1.165) is 17.3 Å². The molecule has 1 aromatic rings. The highest BCUT2D eigenvalue weighted by molar-refractivity contribution is 9.10. The Hall–Kier alpha value is -0.590. The topological polar surface area (TPSA) is 72.2 Å². The molecule has 1 rings (SSSR count). The number of sulfonamides is 1. The number of nitrogens with one attached hydrogen (secondary N) is 1. The molecule has 3 N–H and O–H groups in total. The van der Waals surface area contributed by atoms with Gasteiger partial charge in [-0.05, 0) is 43.9 Å². The largest absolute Gasteiger partial charge is 0.398 e. The van der Waals surface area contributed by atoms with E-state index in [1.165, 1.54) is 6.07 Å². The van der Waals surface area contributed by atoms with Gasteiger partial charge < -0.3 is 5.73 Å². The molecule has 0 radical (unpaired) electrons. The third-order valence-electron chi connectivity index (χ3n) is 2.79. The van der Waals surface area contributed by atoms with Gasteiger partial charge in [-0.1, -0.05) is 29.8 Å². The van der Waals surface area contributed by atoms with Crippen molar-refractivity contribution >= 4 is 31.6 Å². The minimum absolute atomic E-state index is 0.101. The van der Waals surface area contributed by atoms with Crippen LogP contribution < -0.4 is 10.5 Å². The van der Waals surface area contributed by atoms with Crippen molar-refractivity contribution in [3.8, 4) is 0 Å². The van der Waals surface area contributed by atoms with E-state index in [2.05, 4.69) is 34.5 Å². The highest BCUT2D eigenvalue weighted by Gasteiger charge is 2.20. The van der Waals surface area contributed by atoms with Crippen molar-refractivity contribution in [1.82, 2.24) is 4.72 Å². The molecule has 0 aromatic heterocycles. The molecule has 0 heterocycles. The van der Waals surface area contributed by atoms with Crippen LogP contribution in [0.2, 0.25) is 0 Å². The van der Waals surface area contributed by atoms with Crippen LogP contribution in [0, 0.1) is 5.92 Å². The summed E-state index contributed by atoms with van der Waals surface area (Å²) in [6, 6.07) is 4.67. The van der Waals surface area contributed by atoms with Crippen molar-refractivity contribution < 1.29 is 8.42 Å². The lowest BCUT2D eigenvalue weighted by Gasteiger charge is -2.16. The van der Waals surface area contributed by atoms with Crippen LogP contribution in [-0.2, 0) is 10.0 Å². The van der Waals surface area contributed by atoms with E-state index >= 15 is 0 Å². The molecule has 0 fully saturated rings. The predicted octanol–water partition coefficient (Wildman–Crippen LogP) is 3.13. The minimum Gasteiger partial charge on any atom is -0.398 e. The molecule has 0 saturated carbocycles. The second-order valence-corrected chi connectivity index (χ2v) is 7.77. The molecule has 1 atom stereocenters. The van der Waals surface area contributed by atoms with E-state index in [4.69, 9.17) is 5.73 Å². The molecular formula is C13H21BrN2O2S. The molecule has 0 spiro atoms. The van der Waals surface area contributed by atoms with Gasteiger partial charge in [0.1, 0.15) is 4.90 Å². The van der Waals surface area contributed by atoms with E-state index in [1.807, 2.05) is 6.92 Å². The Morgan fingerprint density at radius 3 is 2.42 bits per heavy atom. The van der Waals surface area contributed by atoms with Crippen molar-refractivity contribution in [1.29, 1.82) is 0 Å². The number of nitrogen functional groups attached to an aromatic ring is 1. The molecule has 19 heavy (non-hydrogen) atoms. The Balaban J connectivity index is 2.81. The normalized spacial score (nSPS) is 13.7. The summed E-state index contributed by atoms with van der Waals surface area (Å²) in [6.07, 6.45) is 1.80. The monoisotopic (exact) mass is 348 g/mol. The molecule has 0 saturated heterocycles. The molecule has 108 valence electrons. The Morgan fingerprint density at radius 2 is 1.89 bits per heavy atom. The average Bonchev–Trinajstić information content (AvgIpc) is 2.25. The molecule has 0 aliphatic rings. The maximum Gasteiger partial charge on any atom is 0.242 e. The summed E-state index contributed by atoms with van der Waals surface area (Å²) in [6.45, 7) is 6.11. The lowest BCUT2D eigenvalue weighted by atomic mass is 10.1. The van der Waals surface area contributed by atoms with Crippen molar-refractivity contribution in [3.63, 3.8) is 0 Å². The fourth-order valence-electron chi connectivity index (χ4n) is 1.73. The van der Waals surface area contributed by atoms with Crippen LogP contribution in [0.25, 0.3) is 0 Å². The Labute approximate surface area is 124 Å². The highest BCUT2D eigenvalue weighted by atomic mass is 79.9. The van der Waals surface area contributed by atoms with Crippen molar-refractivity contribution in [2.24, 2.45) is 5.92 Å². The first-order valence-corrected chi connectivity index (χ1v) is 8.57. The molecule has 1 unspecified atom stereocenters. The lowest BCUT2D eigenvalue weighted by Crippen LogP contribution is -2.33. The summed E-state index contributed by atoms with van der Waals surface area (Å²) in [5.41, 5.74) is 6.00. The fourth-order valence-corrected chi connectivity index (χ4v) is 3.50. The minimum atomic E-state index is -3.55. The second-order valence-electron chi connectivity index (χ2n) is 5.18. The van der Waals surface area contributed by atoms with E-state index in [9.17, 15) is 8.42 Å². The van der Waals surface area contributed by atoms with E-state index in [0.29, 0.717) is 5.92 Å². The number of rotatable bonds is 6. The van der Waals surface area contributed by atoms with Gasteiger partial charge in [-0.3, -0.25) is 0 Å². The van der Waals surface area contributed by atoms with Crippen LogP contribution in [-0.4, -0.2) is 14.5 Å². The van der Waals surface area contributed by atoms with Gasteiger partial charge in [0, 0.05) is 10.5 Å². The number of hydrogen-bond acceptors (Lipinski definition) is 3. The van der Waals surface area contributed by atoms with E-state index in [-0.39, 0.29) is 16.6 Å². The maximum absolute atomic E-state index is 12.2. The third kappa shape index (κ3) is 5.12. The smallest absolute Gasteiger partial charge is 0.242 e. The second kappa shape index (κ2) is 6.72. The highest BCUT2D eigenvalue weighted by Crippen LogP contribution is 2.23. The third-order valence-corrected chi connectivity index (χ3v) is 4.95. The SMILES string of the molecule is CC(C)CCC(C)NS(=O)(=O)c1ccc(Br)cc1N. The average molecular weight is 349 g/mol. The number of halogens is 1. The lowest BCUT2D eigenvalue weighted by molar-refractivity contribution is 0.485. The van der Waals surface area contributed by atoms with Gasteiger partial charge >= 0.3 is 0 Å². The predicted molar refractivity (Wildman–Crippen MR) is 82.4 cm³/mol. The molecule has 0 aliphatic heterocycles. The van der Waals surface area contributed by atoms with Crippen LogP contribution in [0.3, 0.4) is 0 Å². The summed E-state index contributed by atoms with van der Waals surface area (Å²) < 4.78 is 27.9. The zero-order chi connectivity index (χ0) is 14.6. The molecule has 0 bridgehead atoms. The van der Waals surface area contributed by atoms with Gasteiger partial charge in [-0.2, -0.15) is 0 Å². The molecule has 1 aromatic carbocycles. The van der Waals surface area contributed by atoms with Gasteiger partial charge in [-0.15, -0.1) is 0 Å². The molecule has 0 amide bonds. The summed E-state index contributed by atoms with van der Waals surface area (Å²) in [5, 5.41) is 0. The van der Waals surface area contributed by atoms with Gasteiger partial charge in [0.25, 0.3) is 0 Å². The standard InChI is InChI=1S/C13H21BrN2O2S/c1-9(2)4-5-10(3)16-19(17,18)13-7-6-11(14)8-12(13)15/h6-10,16H,4-5,15H2,1-3H3. The Bertz CT molecular complexity index is 529. The van der Waals surface area contributed by atoms with E-state index in [1.54, 1.807) is 12.1 Å². The number of benzene rings is 1. The van der Waals surface area contributed by atoms with Crippen LogP contribution in [0.1, 0.15) is 33.6 Å². The summed E-state index contributed by atoms with van der Waals surface area (Å²) in [7, 11) is -3.55. The Morgan fingerprint density at radius 1 is 1.26 bits per heavy atom. The van der Waals surface area contributed by atoms with Crippen molar-refractivity contribution in [2.45, 2.75) is 44.6 Å². The first kappa shape index (κ1) is 16.5. The molecule has 0 aliphatic carbocycles. The first-order chi connectivity index (χ1) is 8.72. The van der Waals surface area contributed by atoms with Gasteiger partial charge in [-0.25, -0.2) is 13.1 Å². The van der Waals surface area contributed by atoms with Gasteiger partial charge in [0.15, 0.2) is 0 Å². The van der Waals surface area contributed by atoms with Gasteiger partial charge in [0.2, 0.25) is 10.0 Å². The van der Waals surface area contributed by atoms with Crippen LogP contribution in [0.15, 0.2) is 27.6 Å². The molecule has 4 nitrogen and oxygen atoms in total. The molecule has 6 heteroatoms. The summed E-state index contributed by atoms with van der Waals surface area (Å²) in [5.74, 6) is 0.560. The number of anilines is 1. The zero-order valence-corrected chi connectivity index (χ0v) is 13.9. The van der Waals surface area contributed by atoms with Crippen LogP contribution >= 0.6 is 15.9 Å². The fraction of sp³-hybridized carbons (Fsp3) is 0.538. The summed E-state index contributed by atoms with van der Waals surface area (Å²) >= 11 is 3.26. The van der Waals surface area contributed by atoms with Crippen LogP contribution in [0.5, 0.6) is 0 Å². The van der Waals surface area contributed by atoms with Crippen molar-refractivity contribution in [2.75, 3.05) is 5.73 Å². The zero-order valence-electron chi connectivity index (χ0n) is 11.5. The van der Waals surface area contributed by atoms with Crippen LogP contribution in [0.4, 0.5) is 5.69 Å². The molecular weight excluding hydrogens is 328 g/mol. The van der Waals surface area contributed by atoms with Gasteiger partial charge in [0.05, 0.1) is 5.69 Å². The summed E-state index contributed by atoms with van der Waals surface area (Å²) in [4.78, 5) is 0.132. The Kier molecular flexibility index (Phi) is 5.82. The first-order valence-electron chi connectivity index (χ1n) is 6.29.